The molecule has 0 saturated heterocycles. The van der Waals surface area contributed by atoms with Crippen molar-refractivity contribution in [3.05, 3.63) is 53.4 Å². The molecule has 1 amide bonds. The maximum Gasteiger partial charge on any atom is 0.329 e. The molecule has 10 heteroatoms. The van der Waals surface area contributed by atoms with E-state index in [1.807, 2.05) is 49.9 Å². The highest BCUT2D eigenvalue weighted by Gasteiger charge is 2.45. The molecule has 4 rings (SSSR count). The standard InChI is InChI=1S/C26H31N3O6S/c1-15(2)35-19(17-9-7-8-10-18(17)33-6)13-28-14-29(26(4,5)25(31)32)23(30)20-16(3)21(36-24(20)28)22-27-11-12-34-22/h7-12,15,19H,13-14H2,1-6H3,(H,31,32)/t19-/m0/s1. The molecule has 1 aliphatic heterocycles. The number of benzene rings is 1. The topological polar surface area (TPSA) is 105 Å². The number of thiophene rings is 1. The van der Waals surface area contributed by atoms with Crippen molar-refractivity contribution in [1.82, 2.24) is 9.88 Å². The fourth-order valence-electron chi connectivity index (χ4n) is 4.31. The van der Waals surface area contributed by atoms with Crippen LogP contribution in [0.25, 0.3) is 10.8 Å². The number of carboxylic acids is 1. The summed E-state index contributed by atoms with van der Waals surface area (Å²) in [6, 6.07) is 7.66. The Hall–Kier alpha value is -3.37. The first-order valence-corrected chi connectivity index (χ1v) is 12.5. The number of oxazole rings is 1. The van der Waals surface area contributed by atoms with Crippen LogP contribution in [0, 0.1) is 6.92 Å². The number of methoxy groups -OCH3 is 1. The number of ether oxygens (including phenoxy) is 2. The van der Waals surface area contributed by atoms with Gasteiger partial charge in [0.25, 0.3) is 5.91 Å². The van der Waals surface area contributed by atoms with Crippen LogP contribution >= 0.6 is 11.3 Å². The zero-order valence-electron chi connectivity index (χ0n) is 21.3. The summed E-state index contributed by atoms with van der Waals surface area (Å²) in [5.74, 6) is -0.302. The predicted molar refractivity (Wildman–Crippen MR) is 137 cm³/mol. The molecule has 192 valence electrons. The van der Waals surface area contributed by atoms with Gasteiger partial charge in [0.2, 0.25) is 5.89 Å². The maximum absolute atomic E-state index is 13.7. The highest BCUT2D eigenvalue weighted by Crippen LogP contribution is 2.46. The molecule has 36 heavy (non-hydrogen) atoms. The first-order valence-electron chi connectivity index (χ1n) is 11.7. The van der Waals surface area contributed by atoms with E-state index >= 15 is 0 Å². The number of carbonyl (C=O) groups is 2. The molecule has 0 fully saturated rings. The number of carbonyl (C=O) groups excluding carboxylic acids is 1. The number of para-hydroxylation sites is 1. The van der Waals surface area contributed by atoms with Gasteiger partial charge in [0, 0.05) is 5.56 Å². The third-order valence-electron chi connectivity index (χ3n) is 6.32. The van der Waals surface area contributed by atoms with Crippen molar-refractivity contribution in [2.75, 3.05) is 25.2 Å². The number of hydrogen-bond acceptors (Lipinski definition) is 8. The molecule has 0 aliphatic carbocycles. The second-order valence-electron chi connectivity index (χ2n) is 9.45. The van der Waals surface area contributed by atoms with E-state index in [-0.39, 0.29) is 18.7 Å². The average molecular weight is 514 g/mol. The molecule has 2 aromatic heterocycles. The molecule has 0 bridgehead atoms. The molecule has 0 spiro atoms. The third kappa shape index (κ3) is 4.58. The van der Waals surface area contributed by atoms with Crippen LogP contribution in [0.15, 0.2) is 41.1 Å². The third-order valence-corrected chi connectivity index (χ3v) is 7.66. The highest BCUT2D eigenvalue weighted by atomic mass is 32.1. The van der Waals surface area contributed by atoms with Gasteiger partial charge in [-0.3, -0.25) is 4.79 Å². The average Bonchev–Trinajstić information content (AvgIpc) is 3.48. The fourth-order valence-corrected chi connectivity index (χ4v) is 5.55. The summed E-state index contributed by atoms with van der Waals surface area (Å²) in [5, 5.41) is 10.7. The minimum absolute atomic E-state index is 0.0784. The van der Waals surface area contributed by atoms with Crippen LogP contribution in [0.5, 0.6) is 5.75 Å². The Balaban J connectivity index is 1.83. The van der Waals surface area contributed by atoms with E-state index in [0.717, 1.165) is 15.4 Å². The Morgan fingerprint density at radius 3 is 2.64 bits per heavy atom. The molecule has 0 saturated carbocycles. The monoisotopic (exact) mass is 513 g/mol. The van der Waals surface area contributed by atoms with Crippen molar-refractivity contribution in [2.24, 2.45) is 0 Å². The summed E-state index contributed by atoms with van der Waals surface area (Å²) >= 11 is 1.41. The lowest BCUT2D eigenvalue weighted by atomic mass is 9.99. The minimum Gasteiger partial charge on any atom is -0.496 e. The van der Waals surface area contributed by atoms with Crippen LogP contribution in [0.3, 0.4) is 0 Å². The smallest absolute Gasteiger partial charge is 0.329 e. The van der Waals surface area contributed by atoms with Gasteiger partial charge in [0.05, 0.1) is 43.1 Å². The van der Waals surface area contributed by atoms with Crippen LogP contribution in [0.2, 0.25) is 0 Å². The van der Waals surface area contributed by atoms with Crippen LogP contribution in [-0.4, -0.2) is 58.8 Å². The molecule has 3 heterocycles. The van der Waals surface area contributed by atoms with Gasteiger partial charge in [0.15, 0.2) is 0 Å². The van der Waals surface area contributed by atoms with E-state index in [2.05, 4.69) is 4.98 Å². The molecule has 0 radical (unpaired) electrons. The molecule has 0 unspecified atom stereocenters. The van der Waals surface area contributed by atoms with Gasteiger partial charge in [0.1, 0.15) is 28.7 Å². The Morgan fingerprint density at radius 2 is 2.03 bits per heavy atom. The molecular formula is C26H31N3O6S. The SMILES string of the molecule is COc1ccccc1[C@H](CN1CN(C(C)(C)C(=O)O)C(=O)c2c1sc(-c1ncco1)c2C)OC(C)C. The van der Waals surface area contributed by atoms with Gasteiger partial charge in [-0.2, -0.15) is 0 Å². The van der Waals surface area contributed by atoms with Crippen LogP contribution < -0.4 is 9.64 Å². The number of amides is 1. The number of rotatable bonds is 9. The van der Waals surface area contributed by atoms with Crippen molar-refractivity contribution >= 4 is 28.2 Å². The van der Waals surface area contributed by atoms with Crippen molar-refractivity contribution < 1.29 is 28.6 Å². The van der Waals surface area contributed by atoms with E-state index in [1.54, 1.807) is 13.3 Å². The van der Waals surface area contributed by atoms with Gasteiger partial charge in [-0.15, -0.1) is 11.3 Å². The normalized spacial score (nSPS) is 14.8. The van der Waals surface area contributed by atoms with Gasteiger partial charge < -0.3 is 28.8 Å². The summed E-state index contributed by atoms with van der Waals surface area (Å²) in [6.45, 7) is 9.29. The van der Waals surface area contributed by atoms with E-state index in [1.165, 1.54) is 36.3 Å². The Labute approximate surface area is 214 Å². The largest absolute Gasteiger partial charge is 0.496 e. The summed E-state index contributed by atoms with van der Waals surface area (Å²) in [5.41, 5.74) is 0.607. The van der Waals surface area contributed by atoms with Crippen LogP contribution in [0.1, 0.15) is 55.3 Å². The molecule has 1 N–H and O–H groups in total. The fraction of sp³-hybridized carbons (Fsp3) is 0.423. The number of hydrogen-bond donors (Lipinski definition) is 1. The minimum atomic E-state index is -1.43. The number of anilines is 1. The van der Waals surface area contributed by atoms with Crippen molar-refractivity contribution in [3.63, 3.8) is 0 Å². The molecule has 1 aliphatic rings. The van der Waals surface area contributed by atoms with Crippen LogP contribution in [0.4, 0.5) is 5.00 Å². The molecule has 3 aromatic rings. The number of aliphatic carboxylic acids is 1. The number of carboxylic acid groups (broad SMARTS) is 1. The number of nitrogens with zero attached hydrogens (tertiary/aromatic N) is 3. The van der Waals surface area contributed by atoms with Gasteiger partial charge in [-0.05, 0) is 46.2 Å². The molecule has 1 atom stereocenters. The zero-order valence-corrected chi connectivity index (χ0v) is 22.1. The molecule has 1 aromatic carbocycles. The Bertz CT molecular complexity index is 1250. The van der Waals surface area contributed by atoms with Gasteiger partial charge >= 0.3 is 5.97 Å². The second-order valence-corrected chi connectivity index (χ2v) is 10.4. The van der Waals surface area contributed by atoms with Gasteiger partial charge in [-0.1, -0.05) is 18.2 Å². The highest BCUT2D eigenvalue weighted by molar-refractivity contribution is 7.20. The quantitative estimate of drug-likeness (QED) is 0.428. The summed E-state index contributed by atoms with van der Waals surface area (Å²) < 4.78 is 17.5. The Kier molecular flexibility index (Phi) is 7.10. The lowest BCUT2D eigenvalue weighted by Gasteiger charge is -2.44. The number of aromatic nitrogens is 1. The first-order chi connectivity index (χ1) is 17.1. The molecular weight excluding hydrogens is 482 g/mol. The lowest BCUT2D eigenvalue weighted by Crippen LogP contribution is -2.59. The second kappa shape index (κ2) is 9.94. The lowest BCUT2D eigenvalue weighted by molar-refractivity contribution is -0.147. The van der Waals surface area contributed by atoms with Crippen molar-refractivity contribution in [3.8, 4) is 16.5 Å². The zero-order chi connectivity index (χ0) is 26.2. The summed E-state index contributed by atoms with van der Waals surface area (Å²) in [4.78, 5) is 34.3. The maximum atomic E-state index is 13.7. The van der Waals surface area contributed by atoms with Crippen molar-refractivity contribution in [2.45, 2.75) is 52.4 Å². The molecule has 9 nitrogen and oxygen atoms in total. The van der Waals surface area contributed by atoms with E-state index in [0.29, 0.717) is 29.3 Å². The Morgan fingerprint density at radius 1 is 1.31 bits per heavy atom. The first kappa shape index (κ1) is 25.7. The van der Waals surface area contributed by atoms with Gasteiger partial charge in [-0.25, -0.2) is 9.78 Å². The predicted octanol–water partition coefficient (Wildman–Crippen LogP) is 4.97. The van der Waals surface area contributed by atoms with E-state index in [4.69, 9.17) is 13.9 Å². The van der Waals surface area contributed by atoms with Crippen molar-refractivity contribution in [1.29, 1.82) is 0 Å². The van der Waals surface area contributed by atoms with Crippen LogP contribution in [-0.2, 0) is 9.53 Å². The van der Waals surface area contributed by atoms with E-state index in [9.17, 15) is 14.7 Å². The summed E-state index contributed by atoms with van der Waals surface area (Å²) in [7, 11) is 1.62. The summed E-state index contributed by atoms with van der Waals surface area (Å²) in [6.07, 6.45) is 2.57. The number of fused-ring (bicyclic) bond motifs is 1. The van der Waals surface area contributed by atoms with E-state index < -0.39 is 17.6 Å².